The number of aliphatic carboxylic acids is 1. The summed E-state index contributed by atoms with van der Waals surface area (Å²) in [6.45, 7) is -1.09. The van der Waals surface area contributed by atoms with Crippen LogP contribution in [0, 0.1) is 0 Å². The van der Waals surface area contributed by atoms with Crippen molar-refractivity contribution in [1.82, 2.24) is 5.32 Å². The fourth-order valence-electron chi connectivity index (χ4n) is 1.22. The first-order valence-corrected chi connectivity index (χ1v) is 3.46. The van der Waals surface area contributed by atoms with E-state index in [9.17, 15) is 9.18 Å². The minimum atomic E-state index is -1.93. The summed E-state index contributed by atoms with van der Waals surface area (Å²) in [5.41, 5.74) is -1.93. The van der Waals surface area contributed by atoms with Gasteiger partial charge in [0.15, 0.2) is 5.54 Å². The highest BCUT2D eigenvalue weighted by atomic mass is 19.1. The highest BCUT2D eigenvalue weighted by molar-refractivity contribution is 5.80. The van der Waals surface area contributed by atoms with E-state index < -0.39 is 30.4 Å². The van der Waals surface area contributed by atoms with Crippen molar-refractivity contribution in [2.24, 2.45) is 0 Å². The Morgan fingerprint density at radius 3 is 2.50 bits per heavy atom. The molecule has 1 aliphatic rings. The lowest BCUT2D eigenvalue weighted by atomic mass is 9.95. The van der Waals surface area contributed by atoms with Crippen LogP contribution in [0.4, 0.5) is 4.39 Å². The molecule has 1 saturated heterocycles. The van der Waals surface area contributed by atoms with E-state index in [1.807, 2.05) is 0 Å². The Bertz CT molecular complexity index is 200. The van der Waals surface area contributed by atoms with Crippen LogP contribution < -0.4 is 5.32 Å². The van der Waals surface area contributed by atoms with Crippen LogP contribution in [0.15, 0.2) is 0 Å². The second kappa shape index (κ2) is 2.96. The van der Waals surface area contributed by atoms with Gasteiger partial charge in [-0.25, -0.2) is 4.39 Å². The molecular weight excluding hydrogens is 169 g/mol. The van der Waals surface area contributed by atoms with E-state index in [4.69, 9.17) is 15.3 Å². The summed E-state index contributed by atoms with van der Waals surface area (Å²) in [5, 5.41) is 28.7. The third-order valence-corrected chi connectivity index (χ3v) is 2.09. The van der Waals surface area contributed by atoms with Gasteiger partial charge in [-0.2, -0.15) is 0 Å². The van der Waals surface area contributed by atoms with Crippen LogP contribution >= 0.6 is 0 Å². The van der Waals surface area contributed by atoms with Gasteiger partial charge in [0.05, 0.1) is 6.61 Å². The minimum absolute atomic E-state index is 0.256. The maximum atomic E-state index is 12.7. The van der Waals surface area contributed by atoms with Crippen LogP contribution in [0.5, 0.6) is 0 Å². The third-order valence-electron chi connectivity index (χ3n) is 2.09. The average Bonchev–Trinajstić information content (AvgIpc) is 2.31. The monoisotopic (exact) mass is 179 g/mol. The lowest BCUT2D eigenvalue weighted by Crippen LogP contribution is -2.58. The summed E-state index contributed by atoms with van der Waals surface area (Å²) in [6, 6.07) is 0. The number of carboxylic acids is 1. The molecule has 1 fully saturated rings. The molecule has 1 heterocycles. The Hall–Kier alpha value is -0.720. The van der Waals surface area contributed by atoms with Gasteiger partial charge in [0.2, 0.25) is 0 Å². The molecular formula is C6H10FNO4. The van der Waals surface area contributed by atoms with Crippen LogP contribution in [0.2, 0.25) is 0 Å². The second-order valence-electron chi connectivity index (χ2n) is 2.78. The van der Waals surface area contributed by atoms with Crippen molar-refractivity contribution in [3.05, 3.63) is 0 Å². The van der Waals surface area contributed by atoms with Crippen molar-refractivity contribution in [2.75, 3.05) is 13.2 Å². The van der Waals surface area contributed by atoms with E-state index in [1.54, 1.807) is 0 Å². The van der Waals surface area contributed by atoms with Crippen molar-refractivity contribution in [2.45, 2.75) is 17.8 Å². The Balaban J connectivity index is 2.88. The molecule has 70 valence electrons. The van der Waals surface area contributed by atoms with Gasteiger partial charge in [-0.1, -0.05) is 0 Å². The largest absolute Gasteiger partial charge is 0.480 e. The molecule has 5 nitrogen and oxygen atoms in total. The number of hydrogen-bond donors (Lipinski definition) is 4. The summed E-state index contributed by atoms with van der Waals surface area (Å²) in [6.07, 6.45) is -3.34. The van der Waals surface area contributed by atoms with Gasteiger partial charge in [0.25, 0.3) is 0 Å². The molecule has 4 N–H and O–H groups in total. The number of hydrogen-bond acceptors (Lipinski definition) is 4. The molecule has 0 aromatic carbocycles. The van der Waals surface area contributed by atoms with Crippen molar-refractivity contribution in [1.29, 1.82) is 0 Å². The molecule has 0 saturated carbocycles. The molecule has 1 rings (SSSR count). The van der Waals surface area contributed by atoms with E-state index in [1.165, 1.54) is 0 Å². The van der Waals surface area contributed by atoms with Crippen LogP contribution in [0.25, 0.3) is 0 Å². The molecule has 0 amide bonds. The van der Waals surface area contributed by atoms with Crippen molar-refractivity contribution in [3.8, 4) is 0 Å². The number of nitrogens with one attached hydrogen (secondary N) is 1. The predicted octanol–water partition coefficient (Wildman–Crippen LogP) is -1.90. The molecule has 3 atom stereocenters. The molecule has 0 aliphatic carbocycles. The first kappa shape index (κ1) is 9.37. The number of alkyl halides is 1. The second-order valence-corrected chi connectivity index (χ2v) is 2.78. The topological polar surface area (TPSA) is 89.8 Å². The SMILES string of the molecule is O=C(O)[C@]1(CO)NC[C@H](F)[C@H]1O. The van der Waals surface area contributed by atoms with Crippen LogP contribution in [-0.4, -0.2) is 52.3 Å². The highest BCUT2D eigenvalue weighted by Crippen LogP contribution is 2.22. The summed E-state index contributed by atoms with van der Waals surface area (Å²) < 4.78 is 12.7. The summed E-state index contributed by atoms with van der Waals surface area (Å²) >= 11 is 0. The van der Waals surface area contributed by atoms with Gasteiger partial charge in [-0.05, 0) is 0 Å². The number of rotatable bonds is 2. The van der Waals surface area contributed by atoms with Crippen molar-refractivity contribution >= 4 is 5.97 Å². The predicted molar refractivity (Wildman–Crippen MR) is 36.4 cm³/mol. The molecule has 0 aromatic rings. The molecule has 0 unspecified atom stereocenters. The zero-order chi connectivity index (χ0) is 9.35. The molecule has 0 spiro atoms. The number of aliphatic hydroxyl groups is 2. The van der Waals surface area contributed by atoms with E-state index in [0.717, 1.165) is 0 Å². The standard InChI is InChI=1S/C6H10FNO4/c7-3-1-8-6(2-9,4(3)10)5(11)12/h3-4,8-10H,1-2H2,(H,11,12)/t3-,4+,6+/m0/s1. The van der Waals surface area contributed by atoms with Gasteiger partial charge in [-0.3, -0.25) is 10.1 Å². The summed E-state index contributed by atoms with van der Waals surface area (Å²) in [7, 11) is 0. The van der Waals surface area contributed by atoms with Gasteiger partial charge in [-0.15, -0.1) is 0 Å². The van der Waals surface area contributed by atoms with Gasteiger partial charge >= 0.3 is 5.97 Å². The number of carbonyl (C=O) groups is 1. The Kier molecular flexibility index (Phi) is 2.31. The Morgan fingerprint density at radius 1 is 1.75 bits per heavy atom. The van der Waals surface area contributed by atoms with E-state index >= 15 is 0 Å². The zero-order valence-corrected chi connectivity index (χ0v) is 6.20. The van der Waals surface area contributed by atoms with Gasteiger partial charge in [0.1, 0.15) is 12.3 Å². The lowest BCUT2D eigenvalue weighted by Gasteiger charge is -2.25. The zero-order valence-electron chi connectivity index (χ0n) is 6.20. The maximum absolute atomic E-state index is 12.7. The number of halogens is 1. The smallest absolute Gasteiger partial charge is 0.329 e. The number of aliphatic hydroxyl groups excluding tert-OH is 2. The van der Waals surface area contributed by atoms with E-state index in [2.05, 4.69) is 5.32 Å². The summed E-state index contributed by atoms with van der Waals surface area (Å²) in [4.78, 5) is 10.6. The van der Waals surface area contributed by atoms with Crippen LogP contribution in [0.3, 0.4) is 0 Å². The van der Waals surface area contributed by atoms with Crippen LogP contribution in [0.1, 0.15) is 0 Å². The van der Waals surface area contributed by atoms with Crippen LogP contribution in [-0.2, 0) is 4.79 Å². The van der Waals surface area contributed by atoms with Gasteiger partial charge < -0.3 is 15.3 Å². The fraction of sp³-hybridized carbons (Fsp3) is 0.833. The molecule has 6 heteroatoms. The highest BCUT2D eigenvalue weighted by Gasteiger charge is 2.53. The Labute approximate surface area is 67.8 Å². The molecule has 0 radical (unpaired) electrons. The molecule has 12 heavy (non-hydrogen) atoms. The molecule has 0 bridgehead atoms. The normalized spacial score (nSPS) is 41.6. The summed E-state index contributed by atoms with van der Waals surface area (Å²) in [5.74, 6) is -1.45. The third kappa shape index (κ3) is 1.08. The quantitative estimate of drug-likeness (QED) is 0.397. The Morgan fingerprint density at radius 2 is 2.33 bits per heavy atom. The van der Waals surface area contributed by atoms with E-state index in [0.29, 0.717) is 0 Å². The first-order chi connectivity index (χ1) is 5.54. The fourth-order valence-corrected chi connectivity index (χ4v) is 1.22. The molecule has 0 aromatic heterocycles. The van der Waals surface area contributed by atoms with Gasteiger partial charge in [0, 0.05) is 6.54 Å². The van der Waals surface area contributed by atoms with E-state index in [-0.39, 0.29) is 6.54 Å². The average molecular weight is 179 g/mol. The van der Waals surface area contributed by atoms with Crippen molar-refractivity contribution < 1.29 is 24.5 Å². The number of carboxylic acid groups (broad SMARTS) is 1. The maximum Gasteiger partial charge on any atom is 0.329 e. The molecule has 1 aliphatic heterocycles. The lowest BCUT2D eigenvalue weighted by molar-refractivity contribution is -0.151. The van der Waals surface area contributed by atoms with Crippen molar-refractivity contribution in [3.63, 3.8) is 0 Å². The first-order valence-electron chi connectivity index (χ1n) is 3.46. The minimum Gasteiger partial charge on any atom is -0.480 e.